The highest BCUT2D eigenvalue weighted by Crippen LogP contribution is 2.31. The molecule has 2 heterocycles. The molecule has 132 valence electrons. The molecule has 0 unspecified atom stereocenters. The van der Waals surface area contributed by atoms with E-state index in [4.69, 9.17) is 0 Å². The third-order valence-electron chi connectivity index (χ3n) is 5.11. The second-order valence-corrected chi connectivity index (χ2v) is 7.93. The van der Waals surface area contributed by atoms with Gasteiger partial charge in [-0.25, -0.2) is 0 Å². The van der Waals surface area contributed by atoms with E-state index in [0.29, 0.717) is 5.39 Å². The molecule has 0 saturated carbocycles. The van der Waals surface area contributed by atoms with Gasteiger partial charge >= 0.3 is 0 Å². The Labute approximate surface area is 160 Å². The van der Waals surface area contributed by atoms with Crippen molar-refractivity contribution < 1.29 is 4.79 Å². The van der Waals surface area contributed by atoms with Crippen LogP contribution in [0, 0.1) is 13.8 Å². The van der Waals surface area contributed by atoms with Gasteiger partial charge in [0.1, 0.15) is 5.56 Å². The quantitative estimate of drug-likeness (QED) is 0.662. The average molecular weight is 411 g/mol. The summed E-state index contributed by atoms with van der Waals surface area (Å²) in [6.07, 6.45) is 2.59. The Bertz CT molecular complexity index is 1110. The molecule has 1 N–H and O–H groups in total. The van der Waals surface area contributed by atoms with Gasteiger partial charge in [0, 0.05) is 27.8 Å². The van der Waals surface area contributed by atoms with Gasteiger partial charge in [-0.1, -0.05) is 28.1 Å². The van der Waals surface area contributed by atoms with Crippen LogP contribution < -0.4 is 10.7 Å². The van der Waals surface area contributed by atoms with Crippen LogP contribution >= 0.6 is 15.9 Å². The van der Waals surface area contributed by atoms with Gasteiger partial charge in [-0.05, 0) is 62.1 Å². The van der Waals surface area contributed by atoms with Gasteiger partial charge in [-0.3, -0.25) is 9.59 Å². The Kier molecular flexibility index (Phi) is 3.99. The van der Waals surface area contributed by atoms with Crippen molar-refractivity contribution >= 4 is 38.4 Å². The van der Waals surface area contributed by atoms with Crippen molar-refractivity contribution in [1.82, 2.24) is 4.57 Å². The summed E-state index contributed by atoms with van der Waals surface area (Å²) in [5.41, 5.74) is 4.75. The van der Waals surface area contributed by atoms with Gasteiger partial charge in [-0.2, -0.15) is 0 Å². The van der Waals surface area contributed by atoms with E-state index in [-0.39, 0.29) is 22.9 Å². The number of hydrogen-bond acceptors (Lipinski definition) is 2. The molecule has 1 atom stereocenters. The molecule has 1 aliphatic heterocycles. The van der Waals surface area contributed by atoms with E-state index >= 15 is 0 Å². The highest BCUT2D eigenvalue weighted by Gasteiger charge is 2.24. The minimum absolute atomic E-state index is 0.185. The van der Waals surface area contributed by atoms with Crippen LogP contribution in [0.1, 0.15) is 40.0 Å². The van der Waals surface area contributed by atoms with Crippen molar-refractivity contribution in [2.24, 2.45) is 0 Å². The van der Waals surface area contributed by atoms with Gasteiger partial charge in [0.15, 0.2) is 0 Å². The first-order valence-electron chi connectivity index (χ1n) is 8.61. The number of carbonyl (C=O) groups is 1. The average Bonchev–Trinajstić information content (AvgIpc) is 2.90. The van der Waals surface area contributed by atoms with Crippen molar-refractivity contribution in [2.75, 3.05) is 5.32 Å². The van der Waals surface area contributed by atoms with Gasteiger partial charge in [-0.15, -0.1) is 0 Å². The van der Waals surface area contributed by atoms with Crippen LogP contribution in [0.25, 0.3) is 10.9 Å². The van der Waals surface area contributed by atoms with Crippen LogP contribution in [-0.2, 0) is 6.42 Å². The monoisotopic (exact) mass is 410 g/mol. The summed E-state index contributed by atoms with van der Waals surface area (Å²) < 4.78 is 3.02. The molecule has 1 aromatic heterocycles. The lowest BCUT2D eigenvalue weighted by atomic mass is 10.1. The zero-order valence-electron chi connectivity index (χ0n) is 14.9. The minimum Gasteiger partial charge on any atom is -0.343 e. The number of carbonyl (C=O) groups excluding carboxylic acids is 1. The van der Waals surface area contributed by atoms with Gasteiger partial charge in [0.2, 0.25) is 5.43 Å². The lowest BCUT2D eigenvalue weighted by molar-refractivity contribution is 0.102. The normalized spacial score (nSPS) is 15.5. The Morgan fingerprint density at radius 2 is 1.92 bits per heavy atom. The number of halogens is 1. The SMILES string of the molecule is Cc1cc(Br)cc(C)c1NC(=O)c1cn2c3c(cccc3c1=O)C[C@H]2C. The Balaban J connectivity index is 1.83. The second-order valence-electron chi connectivity index (χ2n) is 7.01. The number of nitrogens with zero attached hydrogens (tertiary/aromatic N) is 1. The standard InChI is InChI=1S/C21H19BrN2O2/c1-11-7-15(22)8-12(2)18(11)23-21(26)17-10-24-13(3)9-14-5-4-6-16(19(14)24)20(17)25/h4-8,10,13H,9H2,1-3H3,(H,23,26)/t13-/m1/s1. The van der Waals surface area contributed by atoms with Crippen molar-refractivity contribution in [3.05, 3.63) is 73.5 Å². The first-order valence-corrected chi connectivity index (χ1v) is 9.41. The zero-order chi connectivity index (χ0) is 18.6. The highest BCUT2D eigenvalue weighted by atomic mass is 79.9. The van der Waals surface area contributed by atoms with E-state index in [2.05, 4.69) is 38.8 Å². The Morgan fingerprint density at radius 1 is 1.23 bits per heavy atom. The molecule has 5 heteroatoms. The number of benzene rings is 2. The molecule has 0 radical (unpaired) electrons. The number of aromatic nitrogens is 1. The summed E-state index contributed by atoms with van der Waals surface area (Å²) in [5, 5.41) is 3.55. The summed E-state index contributed by atoms with van der Waals surface area (Å²) >= 11 is 3.46. The molecular weight excluding hydrogens is 392 g/mol. The molecule has 4 nitrogen and oxygen atoms in total. The second kappa shape index (κ2) is 6.09. The van der Waals surface area contributed by atoms with E-state index in [9.17, 15) is 9.59 Å². The van der Waals surface area contributed by atoms with E-state index in [0.717, 1.165) is 33.2 Å². The Hall–Kier alpha value is -2.40. The highest BCUT2D eigenvalue weighted by molar-refractivity contribution is 9.10. The first-order chi connectivity index (χ1) is 12.4. The largest absolute Gasteiger partial charge is 0.343 e. The van der Waals surface area contributed by atoms with E-state index < -0.39 is 0 Å². The smallest absolute Gasteiger partial charge is 0.261 e. The number of para-hydroxylation sites is 1. The van der Waals surface area contributed by atoms with Crippen molar-refractivity contribution in [3.63, 3.8) is 0 Å². The molecule has 0 spiro atoms. The van der Waals surface area contributed by atoms with Crippen molar-refractivity contribution in [2.45, 2.75) is 33.2 Å². The lowest BCUT2D eigenvalue weighted by Gasteiger charge is -2.15. The summed E-state index contributed by atoms with van der Waals surface area (Å²) in [6.45, 7) is 5.98. The van der Waals surface area contributed by atoms with E-state index in [1.807, 2.05) is 38.1 Å². The number of amides is 1. The molecule has 26 heavy (non-hydrogen) atoms. The summed E-state index contributed by atoms with van der Waals surface area (Å²) in [7, 11) is 0. The van der Waals surface area contributed by atoms with Gasteiger partial charge in [0.05, 0.1) is 5.52 Å². The molecule has 3 aromatic rings. The van der Waals surface area contributed by atoms with Crippen LogP contribution in [0.15, 0.2) is 45.8 Å². The molecule has 0 aliphatic carbocycles. The maximum atomic E-state index is 12.9. The molecule has 0 bridgehead atoms. The fraction of sp³-hybridized carbons (Fsp3) is 0.238. The topological polar surface area (TPSA) is 51.1 Å². The first kappa shape index (κ1) is 17.0. The fourth-order valence-corrected chi connectivity index (χ4v) is 4.55. The fourth-order valence-electron chi connectivity index (χ4n) is 3.87. The van der Waals surface area contributed by atoms with Crippen LogP contribution in [0.2, 0.25) is 0 Å². The number of aryl methyl sites for hydroxylation is 2. The number of hydrogen-bond donors (Lipinski definition) is 1. The molecule has 1 aliphatic rings. The predicted molar refractivity (Wildman–Crippen MR) is 108 cm³/mol. The maximum Gasteiger partial charge on any atom is 0.261 e. The van der Waals surface area contributed by atoms with Gasteiger partial charge < -0.3 is 9.88 Å². The van der Waals surface area contributed by atoms with Crippen LogP contribution in [0.5, 0.6) is 0 Å². The summed E-state index contributed by atoms with van der Waals surface area (Å²) in [5.74, 6) is -0.362. The zero-order valence-corrected chi connectivity index (χ0v) is 16.5. The molecule has 0 fully saturated rings. The Morgan fingerprint density at radius 3 is 2.62 bits per heavy atom. The maximum absolute atomic E-state index is 12.9. The molecule has 1 amide bonds. The molecular formula is C21H19BrN2O2. The summed E-state index contributed by atoms with van der Waals surface area (Å²) in [6, 6.07) is 9.89. The minimum atomic E-state index is -0.362. The van der Waals surface area contributed by atoms with E-state index in [1.54, 1.807) is 6.20 Å². The lowest BCUT2D eigenvalue weighted by Crippen LogP contribution is -2.24. The predicted octanol–water partition coefficient (Wildman–Crippen LogP) is 4.75. The molecule has 2 aromatic carbocycles. The molecule has 4 rings (SSSR count). The number of nitrogens with one attached hydrogen (secondary N) is 1. The number of anilines is 1. The van der Waals surface area contributed by atoms with Gasteiger partial charge in [0.25, 0.3) is 5.91 Å². The summed E-state index contributed by atoms with van der Waals surface area (Å²) in [4.78, 5) is 25.9. The van der Waals surface area contributed by atoms with Crippen molar-refractivity contribution in [1.29, 1.82) is 0 Å². The van der Waals surface area contributed by atoms with Crippen LogP contribution in [0.4, 0.5) is 5.69 Å². The molecule has 0 saturated heterocycles. The van der Waals surface area contributed by atoms with Crippen LogP contribution in [-0.4, -0.2) is 10.5 Å². The van der Waals surface area contributed by atoms with Crippen molar-refractivity contribution in [3.8, 4) is 0 Å². The van der Waals surface area contributed by atoms with E-state index in [1.165, 1.54) is 5.56 Å². The third-order valence-corrected chi connectivity index (χ3v) is 5.56. The third kappa shape index (κ3) is 2.58. The number of pyridine rings is 1. The number of rotatable bonds is 2. The van der Waals surface area contributed by atoms with Crippen LogP contribution in [0.3, 0.4) is 0 Å².